The molecule has 0 saturated carbocycles. The number of aromatic amines is 1. The number of carbonyl (C=O) groups excluding carboxylic acids is 1. The molecule has 2 heterocycles. The highest BCUT2D eigenvalue weighted by Gasteiger charge is 2.28. The zero-order valence-corrected chi connectivity index (χ0v) is 11.0. The summed E-state index contributed by atoms with van der Waals surface area (Å²) >= 11 is 0. The summed E-state index contributed by atoms with van der Waals surface area (Å²) in [6, 6.07) is 0. The summed E-state index contributed by atoms with van der Waals surface area (Å²) in [6.07, 6.45) is 2.16. The highest BCUT2D eigenvalue weighted by Crippen LogP contribution is 2.14. The van der Waals surface area contributed by atoms with Gasteiger partial charge in [-0.25, -0.2) is 13.4 Å². The largest absolute Gasteiger partial charge is 0.355 e. The maximum atomic E-state index is 12.3. The molecule has 2 N–H and O–H groups in total. The molecule has 100 valence electrons. The number of imidazole rings is 1. The van der Waals surface area contributed by atoms with Crippen LogP contribution in [0.1, 0.15) is 19.2 Å². The van der Waals surface area contributed by atoms with Crippen molar-refractivity contribution in [1.82, 2.24) is 19.6 Å². The summed E-state index contributed by atoms with van der Waals surface area (Å²) in [5.41, 5.74) is 0. The van der Waals surface area contributed by atoms with Crippen molar-refractivity contribution in [2.75, 3.05) is 19.6 Å². The van der Waals surface area contributed by atoms with Crippen LogP contribution >= 0.6 is 0 Å². The first-order chi connectivity index (χ1) is 8.54. The van der Waals surface area contributed by atoms with Crippen molar-refractivity contribution in [2.45, 2.75) is 24.8 Å². The molecular weight excluding hydrogens is 256 g/mol. The predicted octanol–water partition coefficient (Wildman–Crippen LogP) is -0.517. The van der Waals surface area contributed by atoms with Gasteiger partial charge >= 0.3 is 0 Å². The lowest BCUT2D eigenvalue weighted by molar-refractivity contribution is -0.120. The van der Waals surface area contributed by atoms with Gasteiger partial charge in [0.15, 0.2) is 5.03 Å². The number of amides is 1. The van der Waals surface area contributed by atoms with Crippen molar-refractivity contribution in [3.05, 3.63) is 12.0 Å². The number of hydrogen-bond donors (Lipinski definition) is 2. The summed E-state index contributed by atoms with van der Waals surface area (Å²) < 4.78 is 25.9. The lowest BCUT2D eigenvalue weighted by atomic mass is 10.4. The molecule has 1 aromatic rings. The topological polar surface area (TPSA) is 95.2 Å². The van der Waals surface area contributed by atoms with Crippen LogP contribution in [0.4, 0.5) is 0 Å². The van der Waals surface area contributed by atoms with E-state index in [0.29, 0.717) is 18.8 Å². The number of aromatic nitrogens is 2. The monoisotopic (exact) mass is 272 g/mol. The second-order valence-electron chi connectivity index (χ2n) is 4.05. The molecule has 2 rings (SSSR count). The fourth-order valence-electron chi connectivity index (χ4n) is 1.78. The SMILES string of the molecule is CCc1ncc(S(=O)(=O)N2CCNC(=O)CC2)[nH]1. The third-order valence-corrected chi connectivity index (χ3v) is 4.64. The van der Waals surface area contributed by atoms with E-state index in [-0.39, 0.29) is 30.4 Å². The molecule has 0 unspecified atom stereocenters. The average Bonchev–Trinajstić information content (AvgIpc) is 2.72. The minimum Gasteiger partial charge on any atom is -0.355 e. The van der Waals surface area contributed by atoms with Gasteiger partial charge < -0.3 is 10.3 Å². The molecule has 1 fully saturated rings. The fourth-order valence-corrected chi connectivity index (χ4v) is 3.15. The van der Waals surface area contributed by atoms with Crippen LogP contribution in [0.2, 0.25) is 0 Å². The number of rotatable bonds is 3. The van der Waals surface area contributed by atoms with Gasteiger partial charge in [-0.15, -0.1) is 0 Å². The van der Waals surface area contributed by atoms with E-state index in [0.717, 1.165) is 0 Å². The quantitative estimate of drug-likeness (QED) is 0.774. The number of H-pyrrole nitrogens is 1. The van der Waals surface area contributed by atoms with Gasteiger partial charge in [0.05, 0.1) is 6.20 Å². The van der Waals surface area contributed by atoms with Gasteiger partial charge in [0.1, 0.15) is 5.82 Å². The molecule has 1 aliphatic rings. The number of nitrogens with one attached hydrogen (secondary N) is 2. The molecule has 0 radical (unpaired) electrons. The summed E-state index contributed by atoms with van der Waals surface area (Å²) in [7, 11) is -3.58. The molecular formula is C10H16N4O3S. The minimum atomic E-state index is -3.58. The van der Waals surface area contributed by atoms with Crippen LogP contribution in [0.15, 0.2) is 11.2 Å². The molecule has 0 aromatic carbocycles. The molecule has 8 heteroatoms. The van der Waals surface area contributed by atoms with E-state index in [4.69, 9.17) is 0 Å². The Bertz CT molecular complexity index is 537. The number of hydrogen-bond acceptors (Lipinski definition) is 4. The standard InChI is InChI=1S/C10H16N4O3S/c1-2-8-12-7-10(13-8)18(16,17)14-5-3-9(15)11-4-6-14/h7H,2-6H2,1H3,(H,11,15)(H,12,13). The molecule has 1 aliphatic heterocycles. The Morgan fingerprint density at radius 3 is 2.89 bits per heavy atom. The third kappa shape index (κ3) is 2.54. The number of nitrogens with zero attached hydrogens (tertiary/aromatic N) is 2. The molecule has 1 aromatic heterocycles. The Morgan fingerprint density at radius 2 is 2.22 bits per heavy atom. The van der Waals surface area contributed by atoms with Crippen molar-refractivity contribution in [1.29, 1.82) is 0 Å². The van der Waals surface area contributed by atoms with Crippen LogP contribution in [0.5, 0.6) is 0 Å². The molecule has 18 heavy (non-hydrogen) atoms. The lowest BCUT2D eigenvalue weighted by Gasteiger charge is -2.17. The normalized spacial score (nSPS) is 18.4. The Balaban J connectivity index is 2.22. The maximum Gasteiger partial charge on any atom is 0.260 e. The highest BCUT2D eigenvalue weighted by molar-refractivity contribution is 7.89. The molecule has 0 aliphatic carbocycles. The van der Waals surface area contributed by atoms with Gasteiger partial charge in [-0.2, -0.15) is 4.31 Å². The van der Waals surface area contributed by atoms with E-state index in [2.05, 4.69) is 15.3 Å². The zero-order chi connectivity index (χ0) is 13.2. The fraction of sp³-hybridized carbons (Fsp3) is 0.600. The van der Waals surface area contributed by atoms with Crippen LogP contribution in [0, 0.1) is 0 Å². The van der Waals surface area contributed by atoms with E-state index in [1.165, 1.54) is 10.5 Å². The average molecular weight is 272 g/mol. The summed E-state index contributed by atoms with van der Waals surface area (Å²) in [5, 5.41) is 2.73. The van der Waals surface area contributed by atoms with E-state index >= 15 is 0 Å². The maximum absolute atomic E-state index is 12.3. The number of aryl methyl sites for hydroxylation is 1. The van der Waals surface area contributed by atoms with Crippen LogP contribution in [0.3, 0.4) is 0 Å². The van der Waals surface area contributed by atoms with Crippen molar-refractivity contribution < 1.29 is 13.2 Å². The van der Waals surface area contributed by atoms with Gasteiger partial charge in [-0.05, 0) is 0 Å². The third-order valence-electron chi connectivity index (χ3n) is 2.83. The van der Waals surface area contributed by atoms with Crippen LogP contribution in [-0.4, -0.2) is 48.2 Å². The van der Waals surface area contributed by atoms with Gasteiger partial charge in [-0.1, -0.05) is 6.92 Å². The lowest BCUT2D eigenvalue weighted by Crippen LogP contribution is -2.34. The predicted molar refractivity (Wildman–Crippen MR) is 64.4 cm³/mol. The van der Waals surface area contributed by atoms with E-state index in [1.54, 1.807) is 0 Å². The number of sulfonamides is 1. The minimum absolute atomic E-state index is 0.0914. The van der Waals surface area contributed by atoms with Gasteiger partial charge in [-0.3, -0.25) is 4.79 Å². The summed E-state index contributed by atoms with van der Waals surface area (Å²) in [6.45, 7) is 2.72. The Hall–Kier alpha value is -1.41. The highest BCUT2D eigenvalue weighted by atomic mass is 32.2. The van der Waals surface area contributed by atoms with Crippen molar-refractivity contribution in [2.24, 2.45) is 0 Å². The first-order valence-corrected chi connectivity index (χ1v) is 7.28. The van der Waals surface area contributed by atoms with Gasteiger partial charge in [0, 0.05) is 32.5 Å². The molecule has 1 amide bonds. The van der Waals surface area contributed by atoms with Crippen molar-refractivity contribution in [3.8, 4) is 0 Å². The van der Waals surface area contributed by atoms with E-state index < -0.39 is 10.0 Å². The molecule has 0 bridgehead atoms. The second kappa shape index (κ2) is 5.07. The summed E-state index contributed by atoms with van der Waals surface area (Å²) in [4.78, 5) is 18.0. The Kier molecular flexibility index (Phi) is 3.67. The first-order valence-electron chi connectivity index (χ1n) is 5.84. The second-order valence-corrected chi connectivity index (χ2v) is 5.96. The van der Waals surface area contributed by atoms with Crippen LogP contribution in [0.25, 0.3) is 0 Å². The van der Waals surface area contributed by atoms with E-state index in [1.807, 2.05) is 6.92 Å². The first kappa shape index (κ1) is 13.0. The zero-order valence-electron chi connectivity index (χ0n) is 10.1. The molecule has 1 saturated heterocycles. The molecule has 0 atom stereocenters. The Morgan fingerprint density at radius 1 is 1.44 bits per heavy atom. The smallest absolute Gasteiger partial charge is 0.260 e. The summed E-state index contributed by atoms with van der Waals surface area (Å²) in [5.74, 6) is 0.518. The van der Waals surface area contributed by atoms with Gasteiger partial charge in [0.25, 0.3) is 10.0 Å². The van der Waals surface area contributed by atoms with Gasteiger partial charge in [0.2, 0.25) is 5.91 Å². The van der Waals surface area contributed by atoms with Crippen LogP contribution in [-0.2, 0) is 21.2 Å². The van der Waals surface area contributed by atoms with Crippen molar-refractivity contribution in [3.63, 3.8) is 0 Å². The molecule has 0 spiro atoms. The number of carbonyl (C=O) groups is 1. The van der Waals surface area contributed by atoms with E-state index in [9.17, 15) is 13.2 Å². The van der Waals surface area contributed by atoms with Crippen LogP contribution < -0.4 is 5.32 Å². The van der Waals surface area contributed by atoms with Crippen molar-refractivity contribution >= 4 is 15.9 Å². The molecule has 7 nitrogen and oxygen atoms in total. The Labute approximate surface area is 106 Å².